The van der Waals surface area contributed by atoms with E-state index in [1.165, 1.54) is 11.6 Å². The first-order valence-corrected chi connectivity index (χ1v) is 6.58. The van der Waals surface area contributed by atoms with Crippen LogP contribution in [0.5, 0.6) is 0 Å². The fourth-order valence-electron chi connectivity index (χ4n) is 2.30. The number of benzene rings is 1. The van der Waals surface area contributed by atoms with Crippen LogP contribution < -0.4 is 5.32 Å². The van der Waals surface area contributed by atoms with E-state index in [1.807, 2.05) is 24.0 Å². The van der Waals surface area contributed by atoms with E-state index in [-0.39, 0.29) is 11.9 Å². The number of rotatable bonds is 5. The summed E-state index contributed by atoms with van der Waals surface area (Å²) in [5.74, 6) is -0.185. The van der Waals surface area contributed by atoms with Crippen molar-refractivity contribution in [2.75, 3.05) is 6.54 Å². The van der Waals surface area contributed by atoms with Crippen LogP contribution in [0.25, 0.3) is 0 Å². The molecule has 1 aromatic heterocycles. The summed E-state index contributed by atoms with van der Waals surface area (Å²) in [5, 5.41) is 7.73. The molecular weight excluding hydrogens is 241 g/mol. The molecule has 0 fully saturated rings. The number of nitrogens with one attached hydrogen (secondary N) is 1. The second kappa shape index (κ2) is 5.97. The fraction of sp³-hybridized carbons (Fsp3) is 0.400. The molecule has 0 radical (unpaired) electrons. The largest absolute Gasteiger partial charge is 0.310 e. The molecule has 19 heavy (non-hydrogen) atoms. The average Bonchev–Trinajstić information content (AvgIpc) is 2.70. The van der Waals surface area contributed by atoms with Crippen LogP contribution in [-0.4, -0.2) is 16.3 Å². The molecular formula is C15H20FN3. The highest BCUT2D eigenvalue weighted by atomic mass is 19.1. The number of nitrogens with zero attached hydrogens (tertiary/aromatic N) is 2. The van der Waals surface area contributed by atoms with E-state index in [2.05, 4.69) is 24.3 Å². The molecule has 0 spiro atoms. The summed E-state index contributed by atoms with van der Waals surface area (Å²) in [4.78, 5) is 0. The number of aryl methyl sites for hydroxylation is 1. The summed E-state index contributed by atoms with van der Waals surface area (Å²) in [6.07, 6.45) is 2.65. The quantitative estimate of drug-likeness (QED) is 0.897. The van der Waals surface area contributed by atoms with Crippen molar-refractivity contribution in [2.45, 2.75) is 26.3 Å². The van der Waals surface area contributed by atoms with Gasteiger partial charge >= 0.3 is 0 Å². The van der Waals surface area contributed by atoms with Crippen LogP contribution in [-0.2, 0) is 13.5 Å². The van der Waals surface area contributed by atoms with E-state index >= 15 is 0 Å². The zero-order valence-corrected chi connectivity index (χ0v) is 11.7. The number of halogens is 1. The smallest absolute Gasteiger partial charge is 0.123 e. The van der Waals surface area contributed by atoms with Gasteiger partial charge in [0.15, 0.2) is 0 Å². The van der Waals surface area contributed by atoms with Gasteiger partial charge in [-0.3, -0.25) is 4.68 Å². The second-order valence-corrected chi connectivity index (χ2v) is 4.75. The third-order valence-corrected chi connectivity index (χ3v) is 3.43. The van der Waals surface area contributed by atoms with Crippen LogP contribution in [0, 0.1) is 12.7 Å². The van der Waals surface area contributed by atoms with Gasteiger partial charge in [-0.25, -0.2) is 4.39 Å². The maximum absolute atomic E-state index is 13.3. The van der Waals surface area contributed by atoms with Crippen molar-refractivity contribution in [2.24, 2.45) is 7.05 Å². The van der Waals surface area contributed by atoms with Crippen molar-refractivity contribution in [1.29, 1.82) is 0 Å². The number of hydrogen-bond acceptors (Lipinski definition) is 2. The molecule has 2 rings (SSSR count). The van der Waals surface area contributed by atoms with Crippen LogP contribution >= 0.6 is 0 Å². The lowest BCUT2D eigenvalue weighted by Crippen LogP contribution is -2.23. The highest BCUT2D eigenvalue weighted by Gasteiger charge is 2.16. The molecule has 0 amide bonds. The van der Waals surface area contributed by atoms with Crippen LogP contribution in [0.15, 0.2) is 30.5 Å². The van der Waals surface area contributed by atoms with Crippen molar-refractivity contribution < 1.29 is 4.39 Å². The second-order valence-electron chi connectivity index (χ2n) is 4.75. The zero-order valence-electron chi connectivity index (χ0n) is 11.7. The summed E-state index contributed by atoms with van der Waals surface area (Å²) in [6.45, 7) is 5.00. The Kier molecular flexibility index (Phi) is 4.32. The molecule has 0 aliphatic heterocycles. The van der Waals surface area contributed by atoms with Crippen molar-refractivity contribution >= 4 is 0 Å². The van der Waals surface area contributed by atoms with E-state index in [0.717, 1.165) is 24.2 Å². The summed E-state index contributed by atoms with van der Waals surface area (Å²) in [5.41, 5.74) is 3.31. The molecule has 1 aromatic carbocycles. The van der Waals surface area contributed by atoms with Crippen LogP contribution in [0.2, 0.25) is 0 Å². The Bertz CT molecular complexity index is 548. The first kappa shape index (κ1) is 13.7. The summed E-state index contributed by atoms with van der Waals surface area (Å²) in [7, 11) is 1.93. The molecule has 1 N–H and O–H groups in total. The van der Waals surface area contributed by atoms with Gasteiger partial charge in [0.25, 0.3) is 0 Å². The van der Waals surface area contributed by atoms with E-state index in [1.54, 1.807) is 12.1 Å². The minimum atomic E-state index is -0.185. The number of aromatic nitrogens is 2. The van der Waals surface area contributed by atoms with E-state index in [0.29, 0.717) is 0 Å². The van der Waals surface area contributed by atoms with Gasteiger partial charge in [0.2, 0.25) is 0 Å². The summed E-state index contributed by atoms with van der Waals surface area (Å²) >= 11 is 0. The Morgan fingerprint density at radius 1 is 1.42 bits per heavy atom. The van der Waals surface area contributed by atoms with Gasteiger partial charge in [0.1, 0.15) is 5.82 Å². The lowest BCUT2D eigenvalue weighted by Gasteiger charge is -2.18. The molecule has 0 aliphatic carbocycles. The van der Waals surface area contributed by atoms with Gasteiger partial charge < -0.3 is 5.32 Å². The molecule has 3 nitrogen and oxygen atoms in total. The normalized spacial score (nSPS) is 12.6. The highest BCUT2D eigenvalue weighted by molar-refractivity contribution is 5.25. The SMILES string of the molecule is CCNC(Cc1cccc(F)c1)c1cnn(C)c1C. The lowest BCUT2D eigenvalue weighted by atomic mass is 9.99. The van der Waals surface area contributed by atoms with Gasteiger partial charge in [0, 0.05) is 24.3 Å². The van der Waals surface area contributed by atoms with Crippen molar-refractivity contribution in [1.82, 2.24) is 15.1 Å². The molecule has 0 aliphatic rings. The molecule has 2 aromatic rings. The minimum Gasteiger partial charge on any atom is -0.310 e. The fourth-order valence-corrected chi connectivity index (χ4v) is 2.30. The Balaban J connectivity index is 2.23. The Labute approximate surface area is 113 Å². The average molecular weight is 261 g/mol. The molecule has 1 unspecified atom stereocenters. The maximum Gasteiger partial charge on any atom is 0.123 e. The molecule has 1 heterocycles. The van der Waals surface area contributed by atoms with E-state index in [4.69, 9.17) is 0 Å². The third kappa shape index (κ3) is 3.20. The third-order valence-electron chi connectivity index (χ3n) is 3.43. The summed E-state index contributed by atoms with van der Waals surface area (Å²) in [6, 6.07) is 6.94. The maximum atomic E-state index is 13.3. The zero-order chi connectivity index (χ0) is 13.8. The minimum absolute atomic E-state index is 0.167. The lowest BCUT2D eigenvalue weighted by molar-refractivity contribution is 0.543. The topological polar surface area (TPSA) is 29.9 Å². The predicted octanol–water partition coefficient (Wildman–Crippen LogP) is 2.76. The van der Waals surface area contributed by atoms with Gasteiger partial charge in [-0.1, -0.05) is 19.1 Å². The van der Waals surface area contributed by atoms with Crippen LogP contribution in [0.3, 0.4) is 0 Å². The van der Waals surface area contributed by atoms with Gasteiger partial charge in [-0.2, -0.15) is 5.10 Å². The molecule has 0 bridgehead atoms. The molecule has 4 heteroatoms. The van der Waals surface area contributed by atoms with E-state index in [9.17, 15) is 4.39 Å². The first-order valence-electron chi connectivity index (χ1n) is 6.58. The Hall–Kier alpha value is -1.68. The van der Waals surface area contributed by atoms with Crippen molar-refractivity contribution in [3.8, 4) is 0 Å². The van der Waals surface area contributed by atoms with Crippen molar-refractivity contribution in [3.63, 3.8) is 0 Å². The standard InChI is InChI=1S/C15H20FN3/c1-4-17-15(14-10-18-19(3)11(14)2)9-12-6-5-7-13(16)8-12/h5-8,10,15,17H,4,9H2,1-3H3. The Morgan fingerprint density at radius 2 is 2.21 bits per heavy atom. The van der Waals surface area contributed by atoms with Crippen LogP contribution in [0.1, 0.15) is 29.8 Å². The van der Waals surface area contributed by atoms with Gasteiger partial charge in [-0.05, 0) is 37.6 Å². The molecule has 0 saturated carbocycles. The van der Waals surface area contributed by atoms with Crippen molar-refractivity contribution in [3.05, 3.63) is 53.1 Å². The first-order chi connectivity index (χ1) is 9.11. The Morgan fingerprint density at radius 3 is 2.79 bits per heavy atom. The van der Waals surface area contributed by atoms with Crippen LogP contribution in [0.4, 0.5) is 4.39 Å². The predicted molar refractivity (Wildman–Crippen MR) is 74.5 cm³/mol. The highest BCUT2D eigenvalue weighted by Crippen LogP contribution is 2.21. The monoisotopic (exact) mass is 261 g/mol. The molecule has 1 atom stereocenters. The number of hydrogen-bond donors (Lipinski definition) is 1. The molecule has 0 saturated heterocycles. The molecule has 102 valence electrons. The van der Waals surface area contributed by atoms with Gasteiger partial charge in [0.05, 0.1) is 6.20 Å². The summed E-state index contributed by atoms with van der Waals surface area (Å²) < 4.78 is 15.1. The number of likely N-dealkylation sites (N-methyl/N-ethyl adjacent to an activating group) is 1. The van der Waals surface area contributed by atoms with E-state index < -0.39 is 0 Å². The van der Waals surface area contributed by atoms with Gasteiger partial charge in [-0.15, -0.1) is 0 Å².